The van der Waals surface area contributed by atoms with Gasteiger partial charge in [0.15, 0.2) is 0 Å². The first-order valence-corrected chi connectivity index (χ1v) is 13.4. The van der Waals surface area contributed by atoms with E-state index in [0.29, 0.717) is 0 Å². The van der Waals surface area contributed by atoms with Crippen LogP contribution < -0.4 is 0 Å². The number of aromatic nitrogens is 4. The fraction of sp³-hybridized carbons (Fsp3) is 0. The zero-order chi connectivity index (χ0) is 26.2. The van der Waals surface area contributed by atoms with Crippen molar-refractivity contribution in [3.63, 3.8) is 0 Å². The molecule has 4 nitrogen and oxygen atoms in total. The molecule has 5 aromatic carbocycles. The molecule has 9 rings (SSSR count). The molecule has 5 heteroatoms. The Kier molecular flexibility index (Phi) is 5.35. The van der Waals surface area contributed by atoms with E-state index in [0.717, 1.165) is 66.4 Å². The van der Waals surface area contributed by atoms with E-state index < -0.39 is 0 Å². The summed E-state index contributed by atoms with van der Waals surface area (Å²) >= 11 is 0. The molecule has 0 aliphatic carbocycles. The van der Waals surface area contributed by atoms with Gasteiger partial charge in [-0.15, -0.1) is 59.3 Å². The van der Waals surface area contributed by atoms with Gasteiger partial charge < -0.3 is 8.80 Å². The molecule has 9 aromatic rings. The molecule has 0 saturated carbocycles. The van der Waals surface area contributed by atoms with Crippen LogP contribution in [0.4, 0.5) is 0 Å². The summed E-state index contributed by atoms with van der Waals surface area (Å²) in [4.78, 5) is 10.4. The molecule has 194 valence electrons. The van der Waals surface area contributed by atoms with Gasteiger partial charge in [0.1, 0.15) is 0 Å². The van der Waals surface area contributed by atoms with E-state index >= 15 is 0 Å². The fourth-order valence-electron chi connectivity index (χ4n) is 6.19. The summed E-state index contributed by atoms with van der Waals surface area (Å²) in [7, 11) is 0. The maximum atomic E-state index is 5.19. The predicted octanol–water partition coefficient (Wildman–Crippen LogP) is 8.53. The molecule has 4 aromatic heterocycles. The molecule has 0 aliphatic heterocycles. The molecular formula is C36H20N4Pt. The normalized spacial score (nSPS) is 11.7. The van der Waals surface area contributed by atoms with Crippen molar-refractivity contribution >= 4 is 54.6 Å². The Morgan fingerprint density at radius 1 is 0.463 bits per heavy atom. The monoisotopic (exact) mass is 703 g/mol. The second-order valence-electron chi connectivity index (χ2n) is 10.1. The first-order chi connectivity index (χ1) is 19.8. The summed E-state index contributed by atoms with van der Waals surface area (Å²) in [6.07, 6.45) is 4.29. The van der Waals surface area contributed by atoms with E-state index in [-0.39, 0.29) is 21.1 Å². The van der Waals surface area contributed by atoms with Crippen molar-refractivity contribution < 1.29 is 21.1 Å². The Hall–Kier alpha value is -4.79. The second-order valence-corrected chi connectivity index (χ2v) is 10.1. The Balaban J connectivity index is 0.00000256. The quantitative estimate of drug-likeness (QED) is 0.134. The first-order valence-electron chi connectivity index (χ1n) is 13.4. The molecule has 0 bridgehead atoms. The molecule has 0 radical (unpaired) electrons. The third-order valence-electron chi connectivity index (χ3n) is 7.96. The van der Waals surface area contributed by atoms with Crippen LogP contribution in [0.5, 0.6) is 0 Å². The second kappa shape index (κ2) is 9.12. The number of imidazole rings is 2. The predicted molar refractivity (Wildman–Crippen MR) is 163 cm³/mol. The zero-order valence-electron chi connectivity index (χ0n) is 21.7. The molecule has 0 atom stereocenters. The van der Waals surface area contributed by atoms with Gasteiger partial charge in [-0.3, -0.25) is 9.97 Å². The average Bonchev–Trinajstić information content (AvgIpc) is 3.68. The van der Waals surface area contributed by atoms with E-state index in [9.17, 15) is 0 Å². The van der Waals surface area contributed by atoms with E-state index in [1.807, 2.05) is 24.3 Å². The average molecular weight is 704 g/mol. The Morgan fingerprint density at radius 2 is 0.878 bits per heavy atom. The smallest absolute Gasteiger partial charge is 0.339 e. The van der Waals surface area contributed by atoms with Crippen molar-refractivity contribution in [2.75, 3.05) is 0 Å². The standard InChI is InChI=1S/C36H20N4.Pt/c1-5-17-29-23(11-1)27-15-7-9-19-33(27)39-21-31(37-35(29)39)25-13-3-4-14-26(25)32-22-40-34-20-10-8-16-28(34)24-12-2-6-18-30(24)36(40)38-32;/h1-16,19-22H;/q-2;+2. The van der Waals surface area contributed by atoms with Crippen LogP contribution in [0.15, 0.2) is 122 Å². The zero-order valence-corrected chi connectivity index (χ0v) is 23.9. The van der Waals surface area contributed by atoms with Gasteiger partial charge in [-0.05, 0) is 22.9 Å². The van der Waals surface area contributed by atoms with E-state index in [1.54, 1.807) is 0 Å². The van der Waals surface area contributed by atoms with Crippen LogP contribution in [0.2, 0.25) is 0 Å². The topological polar surface area (TPSA) is 34.6 Å². The molecule has 0 saturated heterocycles. The minimum absolute atomic E-state index is 0. The van der Waals surface area contributed by atoms with Crippen molar-refractivity contribution in [1.29, 1.82) is 0 Å². The first kappa shape index (κ1) is 24.0. The summed E-state index contributed by atoms with van der Waals surface area (Å²) in [6, 6.07) is 44.6. The molecule has 0 amide bonds. The SMILES string of the molecule is [Pt+2].[c-]1cccc2c1c1nc(-c3ccccc3-c3cn4c5ccccc5c5ccc[c-]c5c4n3)cn1c1ccccc21. The van der Waals surface area contributed by atoms with Crippen molar-refractivity contribution in [2.24, 2.45) is 0 Å². The van der Waals surface area contributed by atoms with Crippen molar-refractivity contribution in [3.05, 3.63) is 134 Å². The van der Waals surface area contributed by atoms with Gasteiger partial charge >= 0.3 is 21.1 Å². The van der Waals surface area contributed by atoms with E-state index in [4.69, 9.17) is 9.97 Å². The van der Waals surface area contributed by atoms with Gasteiger partial charge in [0.25, 0.3) is 0 Å². The molecule has 0 N–H and O–H groups in total. The van der Waals surface area contributed by atoms with Gasteiger partial charge in [0.05, 0.1) is 22.7 Å². The molecule has 0 aliphatic rings. The van der Waals surface area contributed by atoms with Gasteiger partial charge in [-0.2, -0.15) is 0 Å². The Labute approximate surface area is 249 Å². The number of fused-ring (bicyclic) bond motifs is 12. The minimum atomic E-state index is 0. The number of rotatable bonds is 2. The largest absolute Gasteiger partial charge is 2.00 e. The van der Waals surface area contributed by atoms with Gasteiger partial charge in [0, 0.05) is 34.6 Å². The van der Waals surface area contributed by atoms with Crippen LogP contribution in [0.25, 0.3) is 77.2 Å². The minimum Gasteiger partial charge on any atom is -0.339 e. The van der Waals surface area contributed by atoms with Gasteiger partial charge in [0.2, 0.25) is 0 Å². The van der Waals surface area contributed by atoms with Crippen LogP contribution >= 0.6 is 0 Å². The van der Waals surface area contributed by atoms with Gasteiger partial charge in [-0.25, -0.2) is 0 Å². The summed E-state index contributed by atoms with van der Waals surface area (Å²) < 4.78 is 4.39. The Bertz CT molecular complexity index is 2130. The maximum Gasteiger partial charge on any atom is 2.00 e. The van der Waals surface area contributed by atoms with Crippen LogP contribution in [-0.2, 0) is 21.1 Å². The molecule has 0 fully saturated rings. The van der Waals surface area contributed by atoms with Crippen LogP contribution in [0.3, 0.4) is 0 Å². The number of hydrogen-bond acceptors (Lipinski definition) is 2. The number of para-hydroxylation sites is 2. The van der Waals surface area contributed by atoms with E-state index in [2.05, 4.69) is 118 Å². The van der Waals surface area contributed by atoms with Crippen molar-refractivity contribution in [1.82, 2.24) is 18.8 Å². The molecule has 41 heavy (non-hydrogen) atoms. The Morgan fingerprint density at radius 3 is 1.37 bits per heavy atom. The van der Waals surface area contributed by atoms with Crippen molar-refractivity contribution in [3.8, 4) is 22.5 Å². The molecule has 4 heterocycles. The number of nitrogens with zero attached hydrogens (tertiary/aromatic N) is 4. The molecular weight excluding hydrogens is 684 g/mol. The maximum absolute atomic E-state index is 5.19. The number of benzene rings is 5. The van der Waals surface area contributed by atoms with Crippen molar-refractivity contribution in [2.45, 2.75) is 0 Å². The summed E-state index contributed by atoms with van der Waals surface area (Å²) in [6.45, 7) is 0. The number of pyridine rings is 2. The molecule has 0 spiro atoms. The summed E-state index contributed by atoms with van der Waals surface area (Å²) in [5.74, 6) is 0. The fourth-order valence-corrected chi connectivity index (χ4v) is 6.19. The van der Waals surface area contributed by atoms with Crippen LogP contribution in [0.1, 0.15) is 0 Å². The summed E-state index contributed by atoms with van der Waals surface area (Å²) in [5.41, 5.74) is 7.96. The molecule has 0 unspecified atom stereocenters. The summed E-state index contributed by atoms with van der Waals surface area (Å²) in [5, 5.41) is 6.74. The van der Waals surface area contributed by atoms with E-state index in [1.165, 1.54) is 10.8 Å². The number of hydrogen-bond donors (Lipinski definition) is 0. The van der Waals surface area contributed by atoms with Crippen LogP contribution in [-0.4, -0.2) is 18.8 Å². The third kappa shape index (κ3) is 3.44. The third-order valence-corrected chi connectivity index (χ3v) is 7.96. The van der Waals surface area contributed by atoms with Crippen LogP contribution in [0, 0.1) is 12.1 Å². The van der Waals surface area contributed by atoms with Gasteiger partial charge in [-0.1, -0.05) is 71.4 Å².